The van der Waals surface area contributed by atoms with Crippen LogP contribution in [0.2, 0.25) is 0 Å². The Balaban J connectivity index is 1.58. The molecule has 122 valence electrons. The Morgan fingerprint density at radius 2 is 1.95 bits per heavy atom. The Bertz CT molecular complexity index is 337. The van der Waals surface area contributed by atoms with Gasteiger partial charge in [-0.05, 0) is 31.2 Å². The van der Waals surface area contributed by atoms with Gasteiger partial charge in [-0.3, -0.25) is 9.89 Å². The van der Waals surface area contributed by atoms with E-state index in [1.54, 1.807) is 0 Å². The maximum absolute atomic E-state index is 5.37. The molecule has 0 unspecified atom stereocenters. The van der Waals surface area contributed by atoms with Crippen LogP contribution in [0.4, 0.5) is 0 Å². The first-order chi connectivity index (χ1) is 10.1. The molecule has 0 radical (unpaired) electrons. The molecule has 2 rings (SSSR count). The van der Waals surface area contributed by atoms with E-state index in [0.717, 1.165) is 51.9 Å². The summed E-state index contributed by atoms with van der Waals surface area (Å²) >= 11 is 0. The average molecular weight is 296 g/mol. The van der Waals surface area contributed by atoms with Gasteiger partial charge in [-0.25, -0.2) is 0 Å². The molecule has 0 spiro atoms. The van der Waals surface area contributed by atoms with Crippen LogP contribution in [0, 0.1) is 5.41 Å². The molecule has 5 heteroatoms. The quantitative estimate of drug-likeness (QED) is 0.473. The fourth-order valence-corrected chi connectivity index (χ4v) is 3.11. The maximum Gasteiger partial charge on any atom is 0.193 e. The second-order valence-electron chi connectivity index (χ2n) is 6.97. The molecule has 0 amide bonds. The van der Waals surface area contributed by atoms with Crippen molar-refractivity contribution in [1.29, 1.82) is 0 Å². The summed E-state index contributed by atoms with van der Waals surface area (Å²) in [5.74, 6) is 1.08. The highest BCUT2D eigenvalue weighted by Crippen LogP contribution is 2.28. The monoisotopic (exact) mass is 296 g/mol. The standard InChI is InChI=1S/C16H32N4O/c1-16(2)6-9-20(14-16)15(17-3)18-7-4-5-8-19-10-12-21-13-11-19/h4-14H2,1-3H3,(H,17,18). The van der Waals surface area contributed by atoms with Gasteiger partial charge in [-0.1, -0.05) is 13.8 Å². The van der Waals surface area contributed by atoms with E-state index in [4.69, 9.17) is 4.74 Å². The van der Waals surface area contributed by atoms with Crippen molar-refractivity contribution < 1.29 is 4.74 Å². The molecule has 0 aromatic rings. The van der Waals surface area contributed by atoms with E-state index in [-0.39, 0.29) is 0 Å². The largest absolute Gasteiger partial charge is 0.379 e. The van der Waals surface area contributed by atoms with Crippen LogP contribution in [0.15, 0.2) is 4.99 Å². The van der Waals surface area contributed by atoms with Crippen LogP contribution >= 0.6 is 0 Å². The molecule has 0 aromatic carbocycles. The Hall–Kier alpha value is -0.810. The highest BCUT2D eigenvalue weighted by Gasteiger charge is 2.30. The number of morpholine rings is 1. The molecule has 0 bridgehead atoms. The first kappa shape index (κ1) is 16.6. The Morgan fingerprint density at radius 3 is 2.57 bits per heavy atom. The molecule has 1 N–H and O–H groups in total. The molecule has 0 atom stereocenters. The van der Waals surface area contributed by atoms with E-state index in [1.807, 2.05) is 7.05 Å². The molecule has 2 aliphatic rings. The number of unbranched alkanes of at least 4 members (excludes halogenated alkanes) is 1. The van der Waals surface area contributed by atoms with Crippen molar-refractivity contribution in [3.63, 3.8) is 0 Å². The van der Waals surface area contributed by atoms with E-state index >= 15 is 0 Å². The fraction of sp³-hybridized carbons (Fsp3) is 0.938. The Kier molecular flexibility index (Phi) is 6.30. The number of hydrogen-bond acceptors (Lipinski definition) is 3. The molecule has 2 saturated heterocycles. The van der Waals surface area contributed by atoms with E-state index in [2.05, 4.69) is 34.0 Å². The van der Waals surface area contributed by atoms with Crippen molar-refractivity contribution in [1.82, 2.24) is 15.1 Å². The first-order valence-corrected chi connectivity index (χ1v) is 8.36. The molecular formula is C16H32N4O. The number of nitrogens with one attached hydrogen (secondary N) is 1. The van der Waals surface area contributed by atoms with Crippen molar-refractivity contribution >= 4 is 5.96 Å². The van der Waals surface area contributed by atoms with Crippen LogP contribution in [0.3, 0.4) is 0 Å². The van der Waals surface area contributed by atoms with Gasteiger partial charge < -0.3 is 15.0 Å². The van der Waals surface area contributed by atoms with Gasteiger partial charge in [-0.15, -0.1) is 0 Å². The number of nitrogens with zero attached hydrogens (tertiary/aromatic N) is 3. The van der Waals surface area contributed by atoms with Gasteiger partial charge in [0.05, 0.1) is 13.2 Å². The van der Waals surface area contributed by atoms with Gasteiger partial charge in [0.25, 0.3) is 0 Å². The number of aliphatic imine (C=N–C) groups is 1. The minimum atomic E-state index is 0.425. The van der Waals surface area contributed by atoms with E-state index in [9.17, 15) is 0 Å². The lowest BCUT2D eigenvalue weighted by molar-refractivity contribution is 0.0372. The van der Waals surface area contributed by atoms with Gasteiger partial charge >= 0.3 is 0 Å². The first-order valence-electron chi connectivity index (χ1n) is 8.36. The molecule has 2 heterocycles. The van der Waals surface area contributed by atoms with Crippen molar-refractivity contribution in [2.24, 2.45) is 10.4 Å². The molecule has 0 saturated carbocycles. The van der Waals surface area contributed by atoms with Gasteiger partial charge in [0, 0.05) is 39.8 Å². The van der Waals surface area contributed by atoms with Crippen molar-refractivity contribution in [2.45, 2.75) is 33.1 Å². The van der Waals surface area contributed by atoms with E-state index in [0.29, 0.717) is 5.41 Å². The molecule has 0 aromatic heterocycles. The third-order valence-electron chi connectivity index (χ3n) is 4.48. The fourth-order valence-electron chi connectivity index (χ4n) is 3.11. The molecule has 0 aliphatic carbocycles. The zero-order valence-corrected chi connectivity index (χ0v) is 14.0. The van der Waals surface area contributed by atoms with Gasteiger partial charge in [0.2, 0.25) is 0 Å². The summed E-state index contributed by atoms with van der Waals surface area (Å²) in [4.78, 5) is 9.32. The number of rotatable bonds is 5. The van der Waals surface area contributed by atoms with E-state index in [1.165, 1.54) is 25.8 Å². The zero-order chi connectivity index (χ0) is 15.1. The number of hydrogen-bond donors (Lipinski definition) is 1. The third-order valence-corrected chi connectivity index (χ3v) is 4.48. The zero-order valence-electron chi connectivity index (χ0n) is 14.0. The SMILES string of the molecule is CN=C(NCCCCN1CCOCC1)N1CCC(C)(C)C1. The third kappa shape index (κ3) is 5.47. The predicted octanol–water partition coefficient (Wildman–Crippen LogP) is 1.41. The van der Waals surface area contributed by atoms with Crippen molar-refractivity contribution in [3.05, 3.63) is 0 Å². The van der Waals surface area contributed by atoms with Gasteiger partial charge in [0.1, 0.15) is 0 Å². The summed E-state index contributed by atoms with van der Waals surface area (Å²) in [7, 11) is 1.89. The molecular weight excluding hydrogens is 264 g/mol. The summed E-state index contributed by atoms with van der Waals surface area (Å²) in [5.41, 5.74) is 0.425. The van der Waals surface area contributed by atoms with Crippen LogP contribution in [0.1, 0.15) is 33.1 Å². The smallest absolute Gasteiger partial charge is 0.193 e. The summed E-state index contributed by atoms with van der Waals surface area (Å²) < 4.78 is 5.37. The van der Waals surface area contributed by atoms with Crippen LogP contribution in [-0.4, -0.2) is 75.3 Å². The van der Waals surface area contributed by atoms with Crippen LogP contribution in [0.5, 0.6) is 0 Å². The molecule has 2 aliphatic heterocycles. The lowest BCUT2D eigenvalue weighted by Gasteiger charge is -2.26. The van der Waals surface area contributed by atoms with Crippen molar-refractivity contribution in [2.75, 3.05) is 59.5 Å². The summed E-state index contributed by atoms with van der Waals surface area (Å²) in [5, 5.41) is 3.52. The normalized spacial score (nSPS) is 23.6. The highest BCUT2D eigenvalue weighted by atomic mass is 16.5. The minimum absolute atomic E-state index is 0.425. The summed E-state index contributed by atoms with van der Waals surface area (Å²) in [6.07, 6.45) is 3.70. The molecule has 2 fully saturated rings. The lowest BCUT2D eigenvalue weighted by atomic mass is 9.93. The second-order valence-corrected chi connectivity index (χ2v) is 6.97. The van der Waals surface area contributed by atoms with Crippen molar-refractivity contribution in [3.8, 4) is 0 Å². The predicted molar refractivity (Wildman–Crippen MR) is 87.8 cm³/mol. The number of guanidine groups is 1. The lowest BCUT2D eigenvalue weighted by Crippen LogP contribution is -2.41. The molecule has 5 nitrogen and oxygen atoms in total. The number of ether oxygens (including phenoxy) is 1. The summed E-state index contributed by atoms with van der Waals surface area (Å²) in [6, 6.07) is 0. The van der Waals surface area contributed by atoms with Gasteiger partial charge in [0.15, 0.2) is 5.96 Å². The van der Waals surface area contributed by atoms with Gasteiger partial charge in [-0.2, -0.15) is 0 Å². The topological polar surface area (TPSA) is 40.1 Å². The van der Waals surface area contributed by atoms with Crippen LogP contribution in [0.25, 0.3) is 0 Å². The summed E-state index contributed by atoms with van der Waals surface area (Å²) in [6.45, 7) is 13.1. The molecule has 21 heavy (non-hydrogen) atoms. The van der Waals surface area contributed by atoms with Crippen LogP contribution in [-0.2, 0) is 4.74 Å². The second kappa shape index (κ2) is 7.99. The Labute approximate surface area is 129 Å². The van der Waals surface area contributed by atoms with E-state index < -0.39 is 0 Å². The van der Waals surface area contributed by atoms with Crippen LogP contribution < -0.4 is 5.32 Å². The minimum Gasteiger partial charge on any atom is -0.379 e. The Morgan fingerprint density at radius 1 is 1.19 bits per heavy atom. The maximum atomic E-state index is 5.37. The number of likely N-dealkylation sites (tertiary alicyclic amines) is 1. The highest BCUT2D eigenvalue weighted by molar-refractivity contribution is 5.80. The average Bonchev–Trinajstić information content (AvgIpc) is 2.84.